The Balaban J connectivity index is 1.44. The molecular weight excluding hydrogens is 380 g/mol. The van der Waals surface area contributed by atoms with E-state index in [1.807, 2.05) is 68.6 Å². The molecule has 0 bridgehead atoms. The van der Waals surface area contributed by atoms with Crippen molar-refractivity contribution in [2.24, 2.45) is 0 Å². The molecule has 0 spiro atoms. The lowest BCUT2D eigenvalue weighted by Gasteiger charge is -2.14. The van der Waals surface area contributed by atoms with Gasteiger partial charge in [0.1, 0.15) is 12.4 Å². The van der Waals surface area contributed by atoms with Crippen molar-refractivity contribution in [3.8, 4) is 5.69 Å². The lowest BCUT2D eigenvalue weighted by Crippen LogP contribution is -3.08. The summed E-state index contributed by atoms with van der Waals surface area (Å²) in [6.45, 7) is 2.52. The molecule has 0 saturated heterocycles. The Labute approximate surface area is 173 Å². The van der Waals surface area contributed by atoms with Crippen LogP contribution < -0.4 is 15.8 Å². The monoisotopic (exact) mass is 403 g/mol. The average molecular weight is 403 g/mol. The number of H-pyrrole nitrogens is 1. The van der Waals surface area contributed by atoms with Gasteiger partial charge in [0.05, 0.1) is 29.3 Å². The van der Waals surface area contributed by atoms with Gasteiger partial charge in [0.15, 0.2) is 12.4 Å². The van der Waals surface area contributed by atoms with Gasteiger partial charge < -0.3 is 15.2 Å². The van der Waals surface area contributed by atoms with Crippen LogP contribution in [0.15, 0.2) is 65.5 Å². The number of anilines is 1. The fourth-order valence-electron chi connectivity index (χ4n) is 3.38. The summed E-state index contributed by atoms with van der Waals surface area (Å²) in [4.78, 5) is 33.0. The van der Waals surface area contributed by atoms with E-state index >= 15 is 0 Å². The molecule has 0 fully saturated rings. The summed E-state index contributed by atoms with van der Waals surface area (Å²) in [5.41, 5.74) is 2.16. The predicted octanol–water partition coefficient (Wildman–Crippen LogP) is 1.07. The summed E-state index contributed by atoms with van der Waals surface area (Å²) in [6.07, 6.45) is 0. The van der Waals surface area contributed by atoms with Crippen LogP contribution in [-0.2, 0) is 11.3 Å². The summed E-state index contributed by atoms with van der Waals surface area (Å²) in [6, 6.07) is 18.7. The third-order valence-corrected chi connectivity index (χ3v) is 4.69. The van der Waals surface area contributed by atoms with Gasteiger partial charge in [-0.05, 0) is 31.2 Å². The maximum absolute atomic E-state index is 12.6. The third kappa shape index (κ3) is 4.28. The number of hydrogen-bond acceptors (Lipinski definition) is 4. The van der Waals surface area contributed by atoms with Gasteiger partial charge >= 0.3 is 0 Å². The predicted molar refractivity (Wildman–Crippen MR) is 115 cm³/mol. The zero-order chi connectivity index (χ0) is 21.1. The number of benzene rings is 2. The summed E-state index contributed by atoms with van der Waals surface area (Å²) in [5.74, 6) is 1.02. The zero-order valence-electron chi connectivity index (χ0n) is 16.8. The second-order valence-corrected chi connectivity index (χ2v) is 7.31. The molecule has 2 aromatic heterocycles. The number of rotatable bonds is 6. The molecule has 0 aliphatic rings. The van der Waals surface area contributed by atoms with E-state index in [0.717, 1.165) is 16.3 Å². The van der Waals surface area contributed by atoms with Crippen molar-refractivity contribution in [2.75, 3.05) is 18.9 Å². The maximum Gasteiger partial charge on any atom is 0.280 e. The Morgan fingerprint density at radius 2 is 1.87 bits per heavy atom. The van der Waals surface area contributed by atoms with E-state index in [4.69, 9.17) is 0 Å². The molecular formula is C22H23N6O2+. The van der Waals surface area contributed by atoms with Gasteiger partial charge in [-0.3, -0.25) is 9.59 Å². The van der Waals surface area contributed by atoms with Gasteiger partial charge in [-0.15, -0.1) is 0 Å². The van der Waals surface area contributed by atoms with Crippen LogP contribution in [0.3, 0.4) is 0 Å². The first-order chi connectivity index (χ1) is 14.5. The summed E-state index contributed by atoms with van der Waals surface area (Å²) < 4.78 is 1.71. The van der Waals surface area contributed by atoms with Crippen LogP contribution in [0.4, 0.5) is 5.82 Å². The van der Waals surface area contributed by atoms with Crippen molar-refractivity contribution in [3.63, 3.8) is 0 Å². The van der Waals surface area contributed by atoms with Crippen molar-refractivity contribution in [2.45, 2.75) is 13.5 Å². The molecule has 4 aromatic rings. The summed E-state index contributed by atoms with van der Waals surface area (Å²) in [5, 5.41) is 7.96. The fourth-order valence-corrected chi connectivity index (χ4v) is 3.38. The number of likely N-dealkylation sites (N-methyl/N-ethyl adjacent to an activating group) is 1. The first-order valence-corrected chi connectivity index (χ1v) is 9.71. The van der Waals surface area contributed by atoms with Gasteiger partial charge in [0.2, 0.25) is 0 Å². The fraction of sp³-hybridized carbons (Fsp3) is 0.182. The van der Waals surface area contributed by atoms with E-state index < -0.39 is 0 Å². The molecule has 2 aromatic carbocycles. The van der Waals surface area contributed by atoms with Crippen LogP contribution in [0.5, 0.6) is 0 Å². The van der Waals surface area contributed by atoms with E-state index in [2.05, 4.69) is 20.4 Å². The highest BCUT2D eigenvalue weighted by molar-refractivity contribution is 5.91. The van der Waals surface area contributed by atoms with E-state index in [9.17, 15) is 9.59 Å². The van der Waals surface area contributed by atoms with Gasteiger partial charge in [-0.25, -0.2) is 9.67 Å². The normalized spacial score (nSPS) is 12.1. The third-order valence-electron chi connectivity index (χ3n) is 4.69. The van der Waals surface area contributed by atoms with Crippen LogP contribution in [0, 0.1) is 6.92 Å². The number of fused-ring (bicyclic) bond motifs is 1. The van der Waals surface area contributed by atoms with E-state index in [1.165, 1.54) is 0 Å². The van der Waals surface area contributed by atoms with E-state index in [1.54, 1.807) is 10.7 Å². The smallest absolute Gasteiger partial charge is 0.280 e. The Kier molecular flexibility index (Phi) is 5.40. The first-order valence-electron chi connectivity index (χ1n) is 9.71. The highest BCUT2D eigenvalue weighted by Crippen LogP contribution is 2.16. The first kappa shape index (κ1) is 19.5. The number of hydrogen-bond donors (Lipinski definition) is 3. The minimum absolute atomic E-state index is 0.146. The van der Waals surface area contributed by atoms with Gasteiger partial charge in [-0.1, -0.05) is 30.3 Å². The molecule has 0 radical (unpaired) electrons. The molecule has 8 heteroatoms. The molecule has 2 heterocycles. The minimum atomic E-state index is -0.171. The molecule has 30 heavy (non-hydrogen) atoms. The number of quaternary nitrogens is 1. The topological polar surface area (TPSA) is 97.1 Å². The number of nitrogens with zero attached hydrogens (tertiary/aromatic N) is 3. The quantitative estimate of drug-likeness (QED) is 0.449. The standard InChI is InChI=1S/C22H22N6O2/c1-15-12-20(28(26-15)16-8-4-3-5-9-16)25-21(29)14-27(2)13-19-23-18-11-7-6-10-17(18)22(30)24-19/h3-12H,13-14H2,1-2H3,(H,25,29)(H,23,24,30)/p+1. The zero-order valence-corrected chi connectivity index (χ0v) is 16.8. The number of para-hydroxylation sites is 2. The van der Waals surface area contributed by atoms with Gasteiger partial charge in [-0.2, -0.15) is 5.10 Å². The number of carbonyl (C=O) groups excluding carboxylic acids is 1. The van der Waals surface area contributed by atoms with E-state index in [0.29, 0.717) is 29.1 Å². The molecule has 8 nitrogen and oxygen atoms in total. The molecule has 4 rings (SSSR count). The number of aryl methyl sites for hydroxylation is 1. The van der Waals surface area contributed by atoms with Crippen molar-refractivity contribution in [3.05, 3.63) is 82.5 Å². The number of aromatic amines is 1. The number of nitrogens with one attached hydrogen (secondary N) is 3. The number of amides is 1. The van der Waals surface area contributed by atoms with Crippen molar-refractivity contribution in [1.82, 2.24) is 19.7 Å². The molecule has 0 aliphatic carbocycles. The average Bonchev–Trinajstić information content (AvgIpc) is 3.08. The Morgan fingerprint density at radius 3 is 2.67 bits per heavy atom. The lowest BCUT2D eigenvalue weighted by atomic mass is 10.2. The summed E-state index contributed by atoms with van der Waals surface area (Å²) in [7, 11) is 1.88. The van der Waals surface area contributed by atoms with Gasteiger partial charge in [0.25, 0.3) is 11.5 Å². The van der Waals surface area contributed by atoms with Crippen molar-refractivity contribution in [1.29, 1.82) is 0 Å². The lowest BCUT2D eigenvalue weighted by molar-refractivity contribution is -0.885. The molecule has 0 saturated carbocycles. The van der Waals surface area contributed by atoms with Crippen LogP contribution in [0.2, 0.25) is 0 Å². The number of aromatic nitrogens is 4. The molecule has 0 aliphatic heterocycles. The van der Waals surface area contributed by atoms with Gasteiger partial charge in [0, 0.05) is 6.07 Å². The molecule has 1 amide bonds. The Hall–Kier alpha value is -3.78. The highest BCUT2D eigenvalue weighted by atomic mass is 16.2. The Bertz CT molecular complexity index is 1250. The van der Waals surface area contributed by atoms with Crippen molar-refractivity contribution < 1.29 is 9.69 Å². The Morgan fingerprint density at radius 1 is 1.13 bits per heavy atom. The molecule has 152 valence electrons. The van der Waals surface area contributed by atoms with Crippen molar-refractivity contribution >= 4 is 22.6 Å². The second-order valence-electron chi connectivity index (χ2n) is 7.31. The molecule has 1 atom stereocenters. The number of carbonyl (C=O) groups is 1. The second kappa shape index (κ2) is 8.30. The summed E-state index contributed by atoms with van der Waals surface area (Å²) >= 11 is 0. The molecule has 1 unspecified atom stereocenters. The van der Waals surface area contributed by atoms with Crippen LogP contribution >= 0.6 is 0 Å². The maximum atomic E-state index is 12.6. The van der Waals surface area contributed by atoms with Crippen LogP contribution in [-0.4, -0.2) is 39.2 Å². The van der Waals surface area contributed by atoms with E-state index in [-0.39, 0.29) is 18.0 Å². The minimum Gasteiger partial charge on any atom is -0.323 e. The highest BCUT2D eigenvalue weighted by Gasteiger charge is 2.16. The van der Waals surface area contributed by atoms with Crippen LogP contribution in [0.1, 0.15) is 11.5 Å². The van der Waals surface area contributed by atoms with Crippen LogP contribution in [0.25, 0.3) is 16.6 Å². The molecule has 3 N–H and O–H groups in total. The largest absolute Gasteiger partial charge is 0.323 e. The SMILES string of the molecule is Cc1cc(NC(=O)C[NH+](C)Cc2nc3ccccc3c(=O)[nH]2)n(-c2ccccc2)n1.